The van der Waals surface area contributed by atoms with Gasteiger partial charge in [0, 0.05) is 5.56 Å². The largest absolute Gasteiger partial charge is 0.445 e. The summed E-state index contributed by atoms with van der Waals surface area (Å²) < 4.78 is 18.5. The minimum Gasteiger partial charge on any atom is -0.445 e. The van der Waals surface area contributed by atoms with Crippen molar-refractivity contribution >= 4 is 6.09 Å². The maximum absolute atomic E-state index is 13.2. The minimum atomic E-state index is -0.617. The summed E-state index contributed by atoms with van der Waals surface area (Å²) in [5.41, 5.74) is 2.39. The molecule has 3 aromatic rings. The number of hydrogen-bond donors (Lipinski definition) is 1. The van der Waals surface area contributed by atoms with Crippen LogP contribution in [0.5, 0.6) is 0 Å². The topological polar surface area (TPSA) is 38.3 Å². The highest BCUT2D eigenvalue weighted by atomic mass is 19.1. The van der Waals surface area contributed by atoms with Crippen molar-refractivity contribution in [2.24, 2.45) is 0 Å². The molecule has 0 saturated heterocycles. The van der Waals surface area contributed by atoms with Gasteiger partial charge in [-0.3, -0.25) is 0 Å². The van der Waals surface area contributed by atoms with Crippen LogP contribution in [0.3, 0.4) is 0 Å². The summed E-state index contributed by atoms with van der Waals surface area (Å²) >= 11 is 0. The quantitative estimate of drug-likeness (QED) is 0.677. The summed E-state index contributed by atoms with van der Waals surface area (Å²) in [4.78, 5) is 12.2. The molecule has 3 nitrogen and oxygen atoms in total. The molecule has 3 rings (SSSR count). The molecule has 1 atom stereocenters. The Labute approximate surface area is 157 Å². The summed E-state index contributed by atoms with van der Waals surface area (Å²) in [7, 11) is 0. The fraction of sp³-hybridized carbons (Fsp3) is 0.0870. The molecule has 134 valence electrons. The fourth-order valence-electron chi connectivity index (χ4n) is 2.42. The van der Waals surface area contributed by atoms with E-state index in [1.165, 1.54) is 12.1 Å². The molecular weight excluding hydrogens is 341 g/mol. The predicted octanol–water partition coefficient (Wildman–Crippen LogP) is 4.84. The molecule has 0 saturated carbocycles. The Balaban J connectivity index is 1.72. The number of alkyl carbamates (subject to hydrolysis) is 1. The van der Waals surface area contributed by atoms with Crippen LogP contribution in [0.1, 0.15) is 22.7 Å². The number of benzene rings is 3. The molecule has 1 amide bonds. The maximum Gasteiger partial charge on any atom is 0.408 e. The third kappa shape index (κ3) is 5.72. The van der Waals surface area contributed by atoms with E-state index in [4.69, 9.17) is 4.74 Å². The normalized spacial score (nSPS) is 11.0. The van der Waals surface area contributed by atoms with E-state index in [2.05, 4.69) is 17.2 Å². The first-order valence-electron chi connectivity index (χ1n) is 8.50. The van der Waals surface area contributed by atoms with Crippen LogP contribution in [0.25, 0.3) is 0 Å². The molecule has 1 unspecified atom stereocenters. The van der Waals surface area contributed by atoms with E-state index >= 15 is 0 Å². The van der Waals surface area contributed by atoms with Crippen LogP contribution < -0.4 is 5.32 Å². The van der Waals surface area contributed by atoms with Gasteiger partial charge < -0.3 is 10.1 Å². The van der Waals surface area contributed by atoms with Crippen molar-refractivity contribution in [3.63, 3.8) is 0 Å². The molecule has 0 aliphatic heterocycles. The molecular formula is C23H18FNO2. The van der Waals surface area contributed by atoms with Gasteiger partial charge in [0.25, 0.3) is 0 Å². The van der Waals surface area contributed by atoms with Crippen LogP contribution in [0.2, 0.25) is 0 Å². The summed E-state index contributed by atoms with van der Waals surface area (Å²) in [6.45, 7) is 0.162. The highest BCUT2D eigenvalue weighted by Gasteiger charge is 2.13. The average molecular weight is 359 g/mol. The monoisotopic (exact) mass is 359 g/mol. The van der Waals surface area contributed by atoms with Crippen LogP contribution in [-0.4, -0.2) is 6.09 Å². The van der Waals surface area contributed by atoms with Crippen molar-refractivity contribution in [1.29, 1.82) is 0 Å². The molecule has 4 heteroatoms. The number of halogens is 1. The van der Waals surface area contributed by atoms with Gasteiger partial charge in [0.2, 0.25) is 0 Å². The smallest absolute Gasteiger partial charge is 0.408 e. The van der Waals surface area contributed by atoms with Crippen molar-refractivity contribution in [3.05, 3.63) is 107 Å². The zero-order valence-electron chi connectivity index (χ0n) is 14.6. The third-order valence-electron chi connectivity index (χ3n) is 3.81. The third-order valence-corrected chi connectivity index (χ3v) is 3.81. The van der Waals surface area contributed by atoms with Crippen LogP contribution in [-0.2, 0) is 11.3 Å². The predicted molar refractivity (Wildman–Crippen MR) is 102 cm³/mol. The number of nitrogens with one attached hydrogen (secondary N) is 1. The zero-order valence-corrected chi connectivity index (χ0v) is 14.6. The van der Waals surface area contributed by atoms with Crippen LogP contribution in [0.15, 0.2) is 84.9 Å². The number of ether oxygens (including phenoxy) is 1. The number of hydrogen-bond acceptors (Lipinski definition) is 2. The summed E-state index contributed by atoms with van der Waals surface area (Å²) in [5, 5.41) is 2.74. The molecule has 1 N–H and O–H groups in total. The van der Waals surface area contributed by atoms with E-state index in [0.717, 1.165) is 11.1 Å². The molecule has 0 heterocycles. The number of rotatable bonds is 4. The van der Waals surface area contributed by atoms with Crippen molar-refractivity contribution in [1.82, 2.24) is 5.32 Å². The number of amides is 1. The highest BCUT2D eigenvalue weighted by Crippen LogP contribution is 2.14. The van der Waals surface area contributed by atoms with Gasteiger partial charge >= 0.3 is 6.09 Å². The van der Waals surface area contributed by atoms with Gasteiger partial charge in [0.15, 0.2) is 0 Å². The molecule has 0 bridgehead atoms. The maximum atomic E-state index is 13.2. The second kappa shape index (κ2) is 9.21. The SMILES string of the molecule is O=C(NC(C#Cc1ccccc1)c1ccc(F)cc1)OCc1ccccc1. The standard InChI is InChI=1S/C23H18FNO2/c24-21-14-12-20(13-15-21)22(16-11-18-7-3-1-4-8-18)25-23(26)27-17-19-9-5-2-6-10-19/h1-10,12-15,22H,17H2,(H,25,26). The Morgan fingerprint density at radius 1 is 0.926 bits per heavy atom. The van der Waals surface area contributed by atoms with E-state index in [0.29, 0.717) is 5.56 Å². The lowest BCUT2D eigenvalue weighted by Gasteiger charge is -2.14. The Morgan fingerprint density at radius 2 is 1.56 bits per heavy atom. The fourth-order valence-corrected chi connectivity index (χ4v) is 2.42. The summed E-state index contributed by atoms with van der Waals surface area (Å²) in [5.74, 6) is 5.69. The summed E-state index contributed by atoms with van der Waals surface area (Å²) in [6, 6.07) is 24.1. The molecule has 0 aliphatic carbocycles. The summed E-state index contributed by atoms with van der Waals surface area (Å²) in [6.07, 6.45) is -0.587. The van der Waals surface area contributed by atoms with E-state index in [1.807, 2.05) is 60.7 Å². The molecule has 0 spiro atoms. The van der Waals surface area contributed by atoms with Crippen LogP contribution >= 0.6 is 0 Å². The van der Waals surface area contributed by atoms with E-state index < -0.39 is 12.1 Å². The van der Waals surface area contributed by atoms with E-state index in [-0.39, 0.29) is 12.4 Å². The van der Waals surface area contributed by atoms with Gasteiger partial charge in [-0.1, -0.05) is 72.5 Å². The Hall–Kier alpha value is -3.58. The van der Waals surface area contributed by atoms with Crippen molar-refractivity contribution in [2.75, 3.05) is 0 Å². The minimum absolute atomic E-state index is 0.162. The first kappa shape index (κ1) is 18.2. The number of carbonyl (C=O) groups excluding carboxylic acids is 1. The van der Waals surface area contributed by atoms with Gasteiger partial charge in [0.05, 0.1) is 0 Å². The van der Waals surface area contributed by atoms with Gasteiger partial charge in [-0.05, 0) is 35.4 Å². The molecule has 0 aromatic heterocycles. The molecule has 0 aliphatic rings. The van der Waals surface area contributed by atoms with Crippen LogP contribution in [0, 0.1) is 17.7 Å². The average Bonchev–Trinajstić information content (AvgIpc) is 2.72. The lowest BCUT2D eigenvalue weighted by molar-refractivity contribution is 0.138. The highest BCUT2D eigenvalue weighted by molar-refractivity contribution is 5.68. The number of carbonyl (C=O) groups is 1. The van der Waals surface area contributed by atoms with Crippen molar-refractivity contribution < 1.29 is 13.9 Å². The molecule has 3 aromatic carbocycles. The first-order valence-corrected chi connectivity index (χ1v) is 8.50. The molecule has 27 heavy (non-hydrogen) atoms. The van der Waals surface area contributed by atoms with Crippen LogP contribution in [0.4, 0.5) is 9.18 Å². The first-order chi connectivity index (χ1) is 13.2. The Kier molecular flexibility index (Phi) is 6.21. The van der Waals surface area contributed by atoms with Crippen molar-refractivity contribution in [2.45, 2.75) is 12.6 Å². The lowest BCUT2D eigenvalue weighted by atomic mass is 10.1. The molecule has 0 fully saturated rings. The Morgan fingerprint density at radius 3 is 2.22 bits per heavy atom. The Bertz CT molecular complexity index is 929. The van der Waals surface area contributed by atoms with Gasteiger partial charge in [-0.15, -0.1) is 0 Å². The molecule has 0 radical (unpaired) electrons. The van der Waals surface area contributed by atoms with E-state index in [9.17, 15) is 9.18 Å². The van der Waals surface area contributed by atoms with Gasteiger partial charge in [0.1, 0.15) is 18.5 Å². The zero-order chi connectivity index (χ0) is 18.9. The van der Waals surface area contributed by atoms with Gasteiger partial charge in [-0.25, -0.2) is 9.18 Å². The lowest BCUT2D eigenvalue weighted by Crippen LogP contribution is -2.28. The van der Waals surface area contributed by atoms with E-state index in [1.54, 1.807) is 12.1 Å². The second-order valence-corrected chi connectivity index (χ2v) is 5.83. The van der Waals surface area contributed by atoms with Gasteiger partial charge in [-0.2, -0.15) is 0 Å². The second-order valence-electron chi connectivity index (χ2n) is 5.83. The van der Waals surface area contributed by atoms with Crippen molar-refractivity contribution in [3.8, 4) is 11.8 Å².